The van der Waals surface area contributed by atoms with E-state index >= 15 is 0 Å². The minimum Gasteiger partial charge on any atom is -0.0730 e. The molecule has 15 heavy (non-hydrogen) atoms. The second kappa shape index (κ2) is 7.28. The van der Waals surface area contributed by atoms with Crippen molar-refractivity contribution in [2.75, 3.05) is 0 Å². The van der Waals surface area contributed by atoms with Crippen LogP contribution in [0.1, 0.15) is 50.8 Å². The van der Waals surface area contributed by atoms with Crippen molar-refractivity contribution < 1.29 is 0 Å². The fourth-order valence-corrected chi connectivity index (χ4v) is 1.30. The van der Waals surface area contributed by atoms with E-state index in [9.17, 15) is 0 Å². The Morgan fingerprint density at radius 2 is 1.80 bits per heavy atom. The maximum atomic E-state index is 2.28. The van der Waals surface area contributed by atoms with Crippen LogP contribution in [0.15, 0.2) is 23.8 Å². The van der Waals surface area contributed by atoms with Crippen molar-refractivity contribution >= 4 is 6.08 Å². The molecule has 0 saturated carbocycles. The highest BCUT2D eigenvalue weighted by Gasteiger charge is 1.97. The minimum absolute atomic E-state index is 1.13. The number of rotatable bonds is 2. The SMILES string of the molecule is CC.CC/C(C)=C\c1cccc(C)c1C. The monoisotopic (exact) mass is 204 g/mol. The van der Waals surface area contributed by atoms with Crippen molar-refractivity contribution in [3.05, 3.63) is 40.5 Å². The van der Waals surface area contributed by atoms with Crippen molar-refractivity contribution in [2.24, 2.45) is 0 Å². The van der Waals surface area contributed by atoms with Gasteiger partial charge in [-0.1, -0.05) is 50.6 Å². The van der Waals surface area contributed by atoms with Gasteiger partial charge in [0.05, 0.1) is 0 Å². The van der Waals surface area contributed by atoms with Crippen LogP contribution in [0.2, 0.25) is 0 Å². The molecule has 0 heteroatoms. The van der Waals surface area contributed by atoms with Crippen molar-refractivity contribution in [3.63, 3.8) is 0 Å². The van der Waals surface area contributed by atoms with E-state index < -0.39 is 0 Å². The molecule has 0 nitrogen and oxygen atoms in total. The molecule has 0 unspecified atom stereocenters. The van der Waals surface area contributed by atoms with E-state index in [2.05, 4.69) is 52.0 Å². The molecule has 0 N–H and O–H groups in total. The van der Waals surface area contributed by atoms with Crippen LogP contribution in [-0.2, 0) is 0 Å². The first-order valence-electron chi connectivity index (χ1n) is 5.88. The molecule has 1 aromatic carbocycles. The molecule has 0 spiro atoms. The Morgan fingerprint density at radius 3 is 2.33 bits per heavy atom. The van der Waals surface area contributed by atoms with Crippen LogP contribution in [0.25, 0.3) is 6.08 Å². The molecule has 0 aromatic heterocycles. The molecule has 0 atom stereocenters. The van der Waals surface area contributed by atoms with E-state index in [1.165, 1.54) is 22.3 Å². The summed E-state index contributed by atoms with van der Waals surface area (Å²) in [5, 5.41) is 0. The fraction of sp³-hybridized carbons (Fsp3) is 0.467. The average molecular weight is 204 g/mol. The van der Waals surface area contributed by atoms with Gasteiger partial charge >= 0.3 is 0 Å². The normalized spacial score (nSPS) is 10.7. The summed E-state index contributed by atoms with van der Waals surface area (Å²) in [5.74, 6) is 0. The molecule has 0 heterocycles. The summed E-state index contributed by atoms with van der Waals surface area (Å²) >= 11 is 0. The molecule has 1 aromatic rings. The summed E-state index contributed by atoms with van der Waals surface area (Å²) in [6.45, 7) is 12.7. The van der Waals surface area contributed by atoms with Crippen LogP contribution in [-0.4, -0.2) is 0 Å². The third-order valence-corrected chi connectivity index (χ3v) is 2.61. The molecule has 0 amide bonds. The highest BCUT2D eigenvalue weighted by molar-refractivity contribution is 5.57. The van der Waals surface area contributed by atoms with Crippen molar-refractivity contribution in [3.8, 4) is 0 Å². The summed E-state index contributed by atoms with van der Waals surface area (Å²) < 4.78 is 0. The van der Waals surface area contributed by atoms with Gasteiger partial charge in [-0.3, -0.25) is 0 Å². The molecule has 0 aliphatic rings. The number of hydrogen-bond acceptors (Lipinski definition) is 0. The zero-order valence-corrected chi connectivity index (χ0v) is 11.0. The van der Waals surface area contributed by atoms with E-state index in [1.54, 1.807) is 0 Å². The predicted octanol–water partition coefficient (Wildman–Crippen LogP) is 5.14. The smallest absolute Gasteiger partial charge is 0.0225 e. The predicted molar refractivity (Wildman–Crippen MR) is 71.2 cm³/mol. The first kappa shape index (κ1) is 14.0. The number of benzene rings is 1. The first-order chi connectivity index (χ1) is 7.15. The second-order valence-corrected chi connectivity index (χ2v) is 3.63. The second-order valence-electron chi connectivity index (χ2n) is 3.63. The van der Waals surface area contributed by atoms with Crippen molar-refractivity contribution in [1.29, 1.82) is 0 Å². The molecule has 1 rings (SSSR count). The van der Waals surface area contributed by atoms with E-state index in [0.717, 1.165) is 6.42 Å². The van der Waals surface area contributed by atoms with Crippen LogP contribution in [0.5, 0.6) is 0 Å². The zero-order chi connectivity index (χ0) is 11.8. The summed E-state index contributed by atoms with van der Waals surface area (Å²) in [5.41, 5.74) is 5.57. The number of hydrogen-bond donors (Lipinski definition) is 0. The van der Waals surface area contributed by atoms with Gasteiger partial charge in [-0.05, 0) is 43.9 Å². The highest BCUT2D eigenvalue weighted by Crippen LogP contribution is 2.16. The molecule has 0 aliphatic carbocycles. The van der Waals surface area contributed by atoms with Gasteiger partial charge in [-0.15, -0.1) is 0 Å². The van der Waals surface area contributed by atoms with Crippen molar-refractivity contribution in [1.82, 2.24) is 0 Å². The third-order valence-electron chi connectivity index (χ3n) is 2.61. The topological polar surface area (TPSA) is 0 Å². The summed E-state index contributed by atoms with van der Waals surface area (Å²) in [6, 6.07) is 6.46. The Morgan fingerprint density at radius 1 is 1.20 bits per heavy atom. The van der Waals surface area contributed by atoms with Gasteiger partial charge in [0.15, 0.2) is 0 Å². The van der Waals surface area contributed by atoms with Gasteiger partial charge in [0.2, 0.25) is 0 Å². The lowest BCUT2D eigenvalue weighted by Crippen LogP contribution is -1.85. The lowest BCUT2D eigenvalue weighted by Gasteiger charge is -2.05. The number of aryl methyl sites for hydroxylation is 1. The summed E-state index contributed by atoms with van der Waals surface area (Å²) in [4.78, 5) is 0. The van der Waals surface area contributed by atoms with Gasteiger partial charge < -0.3 is 0 Å². The van der Waals surface area contributed by atoms with Crippen LogP contribution < -0.4 is 0 Å². The summed E-state index contributed by atoms with van der Waals surface area (Å²) in [6.07, 6.45) is 3.41. The van der Waals surface area contributed by atoms with E-state index in [0.29, 0.717) is 0 Å². The molecular weight excluding hydrogens is 180 g/mol. The first-order valence-corrected chi connectivity index (χ1v) is 5.88. The Kier molecular flexibility index (Phi) is 6.77. The van der Waals surface area contributed by atoms with Crippen molar-refractivity contribution in [2.45, 2.75) is 48.0 Å². The Hall–Kier alpha value is -1.04. The Balaban J connectivity index is 0.000000921. The van der Waals surface area contributed by atoms with Gasteiger partial charge in [-0.2, -0.15) is 0 Å². The fourth-order valence-electron chi connectivity index (χ4n) is 1.30. The molecular formula is C15H24. The average Bonchev–Trinajstić information content (AvgIpc) is 2.27. The lowest BCUT2D eigenvalue weighted by atomic mass is 10.0. The summed E-state index contributed by atoms with van der Waals surface area (Å²) in [7, 11) is 0. The standard InChI is InChI=1S/C13H18.C2H6/c1-5-10(2)9-13-8-6-7-11(3)12(13)4;1-2/h6-9H,5H2,1-4H3;1-2H3/b10-9-;. The lowest BCUT2D eigenvalue weighted by molar-refractivity contribution is 1.11. The molecule has 0 fully saturated rings. The van der Waals surface area contributed by atoms with E-state index in [-0.39, 0.29) is 0 Å². The van der Waals surface area contributed by atoms with Gasteiger partial charge in [-0.25, -0.2) is 0 Å². The molecule has 84 valence electrons. The third kappa shape index (κ3) is 4.33. The van der Waals surface area contributed by atoms with Crippen LogP contribution in [0.4, 0.5) is 0 Å². The van der Waals surface area contributed by atoms with Gasteiger partial charge in [0, 0.05) is 0 Å². The Labute approximate surface area is 95.0 Å². The minimum atomic E-state index is 1.13. The van der Waals surface area contributed by atoms with E-state index in [1.807, 2.05) is 13.8 Å². The molecule has 0 saturated heterocycles. The molecule has 0 aliphatic heterocycles. The quantitative estimate of drug-likeness (QED) is 0.625. The Bertz CT molecular complexity index is 319. The molecule has 0 radical (unpaired) electrons. The maximum Gasteiger partial charge on any atom is -0.0225 e. The van der Waals surface area contributed by atoms with E-state index in [4.69, 9.17) is 0 Å². The van der Waals surface area contributed by atoms with Crippen LogP contribution in [0.3, 0.4) is 0 Å². The maximum absolute atomic E-state index is 2.28. The highest BCUT2D eigenvalue weighted by atomic mass is 14.0. The zero-order valence-electron chi connectivity index (χ0n) is 11.0. The van der Waals surface area contributed by atoms with Crippen LogP contribution >= 0.6 is 0 Å². The van der Waals surface area contributed by atoms with Gasteiger partial charge in [0.1, 0.15) is 0 Å². The van der Waals surface area contributed by atoms with Crippen LogP contribution in [0, 0.1) is 13.8 Å². The largest absolute Gasteiger partial charge is 0.0730 e. The molecule has 0 bridgehead atoms. The van der Waals surface area contributed by atoms with Gasteiger partial charge in [0.25, 0.3) is 0 Å². The number of allylic oxidation sites excluding steroid dienone is 1.